The zero-order valence-corrected chi connectivity index (χ0v) is 22.9. The van der Waals surface area contributed by atoms with Gasteiger partial charge in [-0.05, 0) is 72.3 Å². The van der Waals surface area contributed by atoms with E-state index in [1.807, 2.05) is 27.7 Å². The van der Waals surface area contributed by atoms with E-state index >= 15 is 0 Å². The monoisotopic (exact) mass is 503 g/mol. The molecule has 7 nitrogen and oxygen atoms in total. The maximum Gasteiger partial charge on any atom is 0.251 e. The van der Waals surface area contributed by atoms with E-state index in [-0.39, 0.29) is 17.9 Å². The van der Waals surface area contributed by atoms with E-state index in [0.29, 0.717) is 28.5 Å². The number of nitrogens with zero attached hydrogens (tertiary/aromatic N) is 1. The summed E-state index contributed by atoms with van der Waals surface area (Å²) in [7, 11) is 4.38. The molecule has 3 rings (SSSR count). The molecule has 35 heavy (non-hydrogen) atoms. The number of aromatic amines is 1. The Morgan fingerprint density at radius 3 is 2.29 bits per heavy atom. The first-order valence-electron chi connectivity index (χ1n) is 12.6. The van der Waals surface area contributed by atoms with Crippen LogP contribution in [0.2, 0.25) is 5.02 Å². The summed E-state index contributed by atoms with van der Waals surface area (Å²) in [4.78, 5) is 30.5. The van der Waals surface area contributed by atoms with Crippen LogP contribution in [0.3, 0.4) is 0 Å². The van der Waals surface area contributed by atoms with Crippen LogP contribution in [0.4, 0.5) is 11.5 Å². The van der Waals surface area contributed by atoms with E-state index in [1.54, 1.807) is 12.1 Å². The van der Waals surface area contributed by atoms with Crippen molar-refractivity contribution in [1.82, 2.24) is 15.2 Å². The van der Waals surface area contributed by atoms with Crippen LogP contribution >= 0.6 is 11.6 Å². The Balaban J connectivity index is 0.000000402. The van der Waals surface area contributed by atoms with E-state index in [9.17, 15) is 9.59 Å². The summed E-state index contributed by atoms with van der Waals surface area (Å²) in [6, 6.07) is 5.85. The van der Waals surface area contributed by atoms with Crippen LogP contribution in [0.1, 0.15) is 73.1 Å². The first-order valence-corrected chi connectivity index (χ1v) is 13.0. The first-order chi connectivity index (χ1) is 16.7. The van der Waals surface area contributed by atoms with Crippen LogP contribution in [0, 0.1) is 13.8 Å². The van der Waals surface area contributed by atoms with Crippen LogP contribution in [-0.4, -0.2) is 49.0 Å². The highest BCUT2D eigenvalue weighted by Gasteiger charge is 2.16. The molecule has 1 aromatic carbocycles. The molecule has 1 aliphatic carbocycles. The molecule has 4 N–H and O–H groups in total. The van der Waals surface area contributed by atoms with Crippen LogP contribution in [0.15, 0.2) is 23.0 Å². The van der Waals surface area contributed by atoms with Gasteiger partial charge in [-0.15, -0.1) is 0 Å². The Morgan fingerprint density at radius 1 is 1.06 bits per heavy atom. The number of carbonyl (C=O) groups is 1. The number of H-pyrrole nitrogens is 1. The topological polar surface area (TPSA) is 89.3 Å². The summed E-state index contributed by atoms with van der Waals surface area (Å²) in [6.45, 7) is 9.13. The van der Waals surface area contributed by atoms with Crippen molar-refractivity contribution in [2.45, 2.75) is 72.4 Å². The average Bonchev–Trinajstić information content (AvgIpc) is 2.81. The fraction of sp³-hybridized carbons (Fsp3) is 0.556. The van der Waals surface area contributed by atoms with Gasteiger partial charge >= 0.3 is 0 Å². The van der Waals surface area contributed by atoms with Gasteiger partial charge in [0.25, 0.3) is 5.91 Å². The number of hydrogen-bond acceptors (Lipinski definition) is 5. The smallest absolute Gasteiger partial charge is 0.251 e. The summed E-state index contributed by atoms with van der Waals surface area (Å²) in [5, 5.41) is 9.64. The van der Waals surface area contributed by atoms with Gasteiger partial charge in [0.05, 0.1) is 12.1 Å². The number of aromatic nitrogens is 1. The zero-order valence-electron chi connectivity index (χ0n) is 22.1. The lowest BCUT2D eigenvalue weighted by Gasteiger charge is -2.27. The Labute approximate surface area is 215 Å². The van der Waals surface area contributed by atoms with E-state index in [4.69, 9.17) is 11.6 Å². The van der Waals surface area contributed by atoms with Gasteiger partial charge in [0.15, 0.2) is 5.43 Å². The summed E-state index contributed by atoms with van der Waals surface area (Å²) in [6.07, 6.45) is 7.20. The molecule has 1 aliphatic rings. The minimum atomic E-state index is -0.272. The highest BCUT2D eigenvalue weighted by molar-refractivity contribution is 6.31. The molecule has 0 unspecified atom stereocenters. The van der Waals surface area contributed by atoms with Crippen molar-refractivity contribution in [2.75, 3.05) is 37.8 Å². The summed E-state index contributed by atoms with van der Waals surface area (Å²) in [5.74, 6) is 0.362. The Hall–Kier alpha value is -2.51. The lowest BCUT2D eigenvalue weighted by Crippen LogP contribution is -2.29. The third-order valence-electron chi connectivity index (χ3n) is 6.34. The summed E-state index contributed by atoms with van der Waals surface area (Å²) >= 11 is 6.14. The molecule has 0 bridgehead atoms. The number of amides is 1. The number of benzene rings is 1. The predicted molar refractivity (Wildman–Crippen MR) is 148 cm³/mol. The van der Waals surface area contributed by atoms with Crippen LogP contribution in [-0.2, 0) is 6.54 Å². The summed E-state index contributed by atoms with van der Waals surface area (Å²) in [5.41, 5.74) is 3.28. The van der Waals surface area contributed by atoms with Crippen molar-refractivity contribution in [3.63, 3.8) is 0 Å². The maximum absolute atomic E-state index is 12.7. The minimum absolute atomic E-state index is 0.117. The zero-order chi connectivity index (χ0) is 26.0. The molecule has 0 saturated heterocycles. The molecule has 0 radical (unpaired) electrons. The second kappa shape index (κ2) is 14.1. The SMILES string of the molecule is CCNc1cc(Cl)cc(C(=O)NCc2c(NCC)[nH]c(C)cc2=O)c1C.CN(C)C1CCCCC1. The number of nitrogens with one attached hydrogen (secondary N) is 4. The fourth-order valence-electron chi connectivity index (χ4n) is 4.37. The quantitative estimate of drug-likeness (QED) is 0.391. The van der Waals surface area contributed by atoms with Crippen molar-refractivity contribution in [2.24, 2.45) is 0 Å². The van der Waals surface area contributed by atoms with E-state index in [0.717, 1.165) is 29.5 Å². The third-order valence-corrected chi connectivity index (χ3v) is 6.56. The Bertz CT molecular complexity index is 1030. The number of halogens is 1. The molecular weight excluding hydrogens is 462 g/mol. The highest BCUT2D eigenvalue weighted by atomic mass is 35.5. The molecule has 1 amide bonds. The van der Waals surface area contributed by atoms with Crippen molar-refractivity contribution in [3.8, 4) is 0 Å². The van der Waals surface area contributed by atoms with Crippen molar-refractivity contribution in [1.29, 1.82) is 0 Å². The fourth-order valence-corrected chi connectivity index (χ4v) is 4.59. The number of aryl methyl sites for hydroxylation is 1. The van der Waals surface area contributed by atoms with Gasteiger partial charge < -0.3 is 25.8 Å². The van der Waals surface area contributed by atoms with Crippen LogP contribution in [0.5, 0.6) is 0 Å². The largest absolute Gasteiger partial charge is 0.385 e. The van der Waals surface area contributed by atoms with Gasteiger partial charge in [-0.25, -0.2) is 0 Å². The molecule has 194 valence electrons. The second-order valence-corrected chi connectivity index (χ2v) is 9.73. The first kappa shape index (κ1) is 28.7. The molecule has 1 fully saturated rings. The molecule has 2 aromatic rings. The molecule has 0 aliphatic heterocycles. The normalized spacial score (nSPS) is 13.7. The lowest BCUT2D eigenvalue weighted by molar-refractivity contribution is 0.0950. The molecular formula is C27H42ClN5O2. The Morgan fingerprint density at radius 2 is 1.71 bits per heavy atom. The number of carbonyl (C=O) groups excluding carboxylic acids is 1. The van der Waals surface area contributed by atoms with Crippen LogP contribution < -0.4 is 21.4 Å². The minimum Gasteiger partial charge on any atom is -0.385 e. The van der Waals surface area contributed by atoms with Gasteiger partial charge in [0, 0.05) is 47.2 Å². The van der Waals surface area contributed by atoms with Gasteiger partial charge in [-0.2, -0.15) is 0 Å². The van der Waals surface area contributed by atoms with Crippen LogP contribution in [0.25, 0.3) is 0 Å². The number of hydrogen-bond donors (Lipinski definition) is 4. The number of anilines is 2. The van der Waals surface area contributed by atoms with Crippen molar-refractivity contribution in [3.05, 3.63) is 55.8 Å². The molecule has 8 heteroatoms. The van der Waals surface area contributed by atoms with Crippen molar-refractivity contribution >= 4 is 29.0 Å². The third kappa shape index (κ3) is 8.58. The molecule has 1 heterocycles. The van der Waals surface area contributed by atoms with Gasteiger partial charge in [-0.3, -0.25) is 9.59 Å². The van der Waals surface area contributed by atoms with Gasteiger partial charge in [-0.1, -0.05) is 30.9 Å². The van der Waals surface area contributed by atoms with Gasteiger partial charge in [0.1, 0.15) is 5.82 Å². The standard InChI is InChI=1S/C19H25ClN4O2.C8H17N/c1-5-21-16-9-13(20)8-14(12(16)4)19(26)23-10-15-17(25)7-11(3)24-18(15)22-6-2;1-9(2)8-6-4-3-5-7-8/h7-9,21H,5-6,10H2,1-4H3,(H,23,26)(H2,22,24,25);8H,3-7H2,1-2H3. The molecule has 1 saturated carbocycles. The highest BCUT2D eigenvalue weighted by Crippen LogP contribution is 2.25. The molecule has 1 aromatic heterocycles. The second-order valence-electron chi connectivity index (χ2n) is 9.29. The van der Waals surface area contributed by atoms with E-state index < -0.39 is 0 Å². The Kier molecular flexibility index (Phi) is 11.6. The van der Waals surface area contributed by atoms with Gasteiger partial charge in [0.2, 0.25) is 0 Å². The van der Waals surface area contributed by atoms with E-state index in [1.165, 1.54) is 38.2 Å². The molecule has 0 spiro atoms. The average molecular weight is 504 g/mol. The summed E-state index contributed by atoms with van der Waals surface area (Å²) < 4.78 is 0. The lowest BCUT2D eigenvalue weighted by atomic mass is 9.95. The number of rotatable bonds is 8. The molecule has 0 atom stereocenters. The van der Waals surface area contributed by atoms with Crippen molar-refractivity contribution < 1.29 is 4.79 Å². The van der Waals surface area contributed by atoms with E-state index in [2.05, 4.69) is 39.9 Å². The maximum atomic E-state index is 12.7. The number of pyridine rings is 1. The predicted octanol–water partition coefficient (Wildman–Crippen LogP) is 5.32.